The van der Waals surface area contributed by atoms with Gasteiger partial charge in [0.05, 0.1) is 5.69 Å². The summed E-state index contributed by atoms with van der Waals surface area (Å²) >= 11 is 3.38. The molecule has 0 heterocycles. The van der Waals surface area contributed by atoms with Crippen molar-refractivity contribution >= 4 is 33.2 Å². The van der Waals surface area contributed by atoms with E-state index in [0.717, 1.165) is 10.0 Å². The van der Waals surface area contributed by atoms with Gasteiger partial charge in [-0.15, -0.1) is 0 Å². The molecular weight excluding hydrogens is 339 g/mol. The van der Waals surface area contributed by atoms with E-state index >= 15 is 0 Å². The van der Waals surface area contributed by atoms with Crippen molar-refractivity contribution in [2.45, 2.75) is 6.92 Å². The van der Waals surface area contributed by atoms with Gasteiger partial charge in [-0.25, -0.2) is 4.39 Å². The van der Waals surface area contributed by atoms with Crippen LogP contribution in [0.3, 0.4) is 0 Å². The highest BCUT2D eigenvalue weighted by Gasteiger charge is 2.08. The molecule has 0 saturated carbocycles. The highest BCUT2D eigenvalue weighted by atomic mass is 79.9. The van der Waals surface area contributed by atoms with Crippen molar-refractivity contribution in [2.75, 3.05) is 17.7 Å². The number of carbonyl (C=O) groups is 1. The van der Waals surface area contributed by atoms with Gasteiger partial charge in [-0.3, -0.25) is 4.79 Å². The van der Waals surface area contributed by atoms with E-state index in [1.54, 1.807) is 12.1 Å². The number of hydrogen-bond acceptors (Lipinski definition) is 3. The number of halogens is 2. The Morgan fingerprint density at radius 3 is 2.81 bits per heavy atom. The molecule has 21 heavy (non-hydrogen) atoms. The summed E-state index contributed by atoms with van der Waals surface area (Å²) < 4.78 is 19.8. The number of nitrogen functional groups attached to an aromatic ring is 1. The molecule has 0 aliphatic heterocycles. The predicted molar refractivity (Wildman–Crippen MR) is 83.8 cm³/mol. The van der Waals surface area contributed by atoms with Gasteiger partial charge in [0.25, 0.3) is 5.91 Å². The molecule has 0 atom stereocenters. The fourth-order valence-corrected chi connectivity index (χ4v) is 1.93. The molecular formula is C15H14BrFN2O2. The van der Waals surface area contributed by atoms with Gasteiger partial charge in [0.15, 0.2) is 6.61 Å². The summed E-state index contributed by atoms with van der Waals surface area (Å²) in [5, 5.41) is 2.42. The van der Waals surface area contributed by atoms with Gasteiger partial charge < -0.3 is 15.8 Å². The molecule has 2 aromatic rings. The number of nitrogens with two attached hydrogens (primary N) is 1. The molecule has 110 valence electrons. The first-order valence-electron chi connectivity index (χ1n) is 6.19. The van der Waals surface area contributed by atoms with Gasteiger partial charge in [0, 0.05) is 10.2 Å². The lowest BCUT2D eigenvalue weighted by molar-refractivity contribution is -0.118. The Morgan fingerprint density at radius 1 is 1.33 bits per heavy atom. The third-order valence-electron chi connectivity index (χ3n) is 2.76. The largest absolute Gasteiger partial charge is 0.484 e. The fraction of sp³-hybridized carbons (Fsp3) is 0.133. The molecule has 3 N–H and O–H groups in total. The lowest BCUT2D eigenvalue weighted by atomic mass is 10.2. The molecule has 2 rings (SSSR count). The van der Waals surface area contributed by atoms with Crippen LogP contribution < -0.4 is 15.8 Å². The van der Waals surface area contributed by atoms with Crippen LogP contribution in [0.5, 0.6) is 5.75 Å². The van der Waals surface area contributed by atoms with E-state index in [2.05, 4.69) is 21.2 Å². The van der Waals surface area contributed by atoms with Gasteiger partial charge in [-0.2, -0.15) is 0 Å². The fourth-order valence-electron chi connectivity index (χ4n) is 1.68. The highest BCUT2D eigenvalue weighted by molar-refractivity contribution is 9.10. The Morgan fingerprint density at radius 2 is 2.10 bits per heavy atom. The number of rotatable bonds is 4. The summed E-state index contributed by atoms with van der Waals surface area (Å²) in [6.07, 6.45) is 0. The monoisotopic (exact) mass is 352 g/mol. The van der Waals surface area contributed by atoms with E-state index in [1.165, 1.54) is 18.2 Å². The van der Waals surface area contributed by atoms with Crippen LogP contribution in [-0.2, 0) is 4.79 Å². The maximum atomic E-state index is 13.5. The van der Waals surface area contributed by atoms with E-state index in [-0.39, 0.29) is 12.3 Å². The van der Waals surface area contributed by atoms with E-state index in [9.17, 15) is 9.18 Å². The molecule has 0 bridgehead atoms. The predicted octanol–water partition coefficient (Wildman–Crippen LogP) is 3.50. The first kappa shape index (κ1) is 15.3. The summed E-state index contributed by atoms with van der Waals surface area (Å²) in [7, 11) is 0. The standard InChI is InChI=1S/C15H14BrFN2O2/c1-9-6-11(3-4-12(9)16)21-8-15(20)19-14-7-10(18)2-5-13(14)17/h2-7H,8,18H2,1H3,(H,19,20). The lowest BCUT2D eigenvalue weighted by Crippen LogP contribution is -2.20. The Hall–Kier alpha value is -2.08. The highest BCUT2D eigenvalue weighted by Crippen LogP contribution is 2.22. The van der Waals surface area contributed by atoms with Gasteiger partial charge in [-0.05, 0) is 48.9 Å². The zero-order valence-corrected chi connectivity index (χ0v) is 12.9. The summed E-state index contributed by atoms with van der Waals surface area (Å²) in [5.41, 5.74) is 6.95. The van der Waals surface area contributed by atoms with Crippen LogP contribution in [-0.4, -0.2) is 12.5 Å². The van der Waals surface area contributed by atoms with Crippen LogP contribution in [0.25, 0.3) is 0 Å². The maximum Gasteiger partial charge on any atom is 0.262 e. The zero-order chi connectivity index (χ0) is 15.4. The number of amides is 1. The van der Waals surface area contributed by atoms with Crippen molar-refractivity contribution in [2.24, 2.45) is 0 Å². The molecule has 0 aromatic heterocycles. The van der Waals surface area contributed by atoms with Crippen molar-refractivity contribution in [1.82, 2.24) is 0 Å². The number of anilines is 2. The average Bonchev–Trinajstić information content (AvgIpc) is 2.44. The van der Waals surface area contributed by atoms with Crippen LogP contribution in [0, 0.1) is 12.7 Å². The lowest BCUT2D eigenvalue weighted by Gasteiger charge is -2.09. The first-order valence-corrected chi connectivity index (χ1v) is 6.99. The van der Waals surface area contributed by atoms with E-state index in [4.69, 9.17) is 10.5 Å². The molecule has 0 unspecified atom stereocenters. The number of aryl methyl sites for hydroxylation is 1. The van der Waals surface area contributed by atoms with Crippen molar-refractivity contribution in [3.8, 4) is 5.75 Å². The zero-order valence-electron chi connectivity index (χ0n) is 11.3. The van der Waals surface area contributed by atoms with Gasteiger partial charge in [0.2, 0.25) is 0 Å². The van der Waals surface area contributed by atoms with Gasteiger partial charge in [0.1, 0.15) is 11.6 Å². The van der Waals surface area contributed by atoms with E-state index in [1.807, 2.05) is 13.0 Å². The third kappa shape index (κ3) is 4.19. The van der Waals surface area contributed by atoms with Gasteiger partial charge >= 0.3 is 0 Å². The van der Waals surface area contributed by atoms with Crippen molar-refractivity contribution in [3.05, 3.63) is 52.3 Å². The second kappa shape index (κ2) is 6.58. The smallest absolute Gasteiger partial charge is 0.262 e. The van der Waals surface area contributed by atoms with Crippen LogP contribution in [0.2, 0.25) is 0 Å². The Bertz CT molecular complexity index is 677. The average molecular weight is 353 g/mol. The summed E-state index contributed by atoms with van der Waals surface area (Å²) in [5.74, 6) is -0.434. The molecule has 0 saturated heterocycles. The molecule has 0 spiro atoms. The second-order valence-electron chi connectivity index (χ2n) is 4.49. The second-order valence-corrected chi connectivity index (χ2v) is 5.34. The quantitative estimate of drug-likeness (QED) is 0.827. The number of ether oxygens (including phenoxy) is 1. The van der Waals surface area contributed by atoms with Crippen LogP contribution >= 0.6 is 15.9 Å². The Labute approximate surface area is 130 Å². The minimum Gasteiger partial charge on any atom is -0.484 e. The molecule has 0 aliphatic carbocycles. The normalized spacial score (nSPS) is 10.2. The molecule has 0 aliphatic rings. The minimum atomic E-state index is -0.544. The third-order valence-corrected chi connectivity index (χ3v) is 3.65. The van der Waals surface area contributed by atoms with E-state index < -0.39 is 11.7 Å². The number of benzene rings is 2. The summed E-state index contributed by atoms with van der Waals surface area (Å²) in [6, 6.07) is 9.36. The Balaban J connectivity index is 1.95. The Kier molecular flexibility index (Phi) is 4.80. The summed E-state index contributed by atoms with van der Waals surface area (Å²) in [4.78, 5) is 11.7. The topological polar surface area (TPSA) is 64.3 Å². The summed E-state index contributed by atoms with van der Waals surface area (Å²) in [6.45, 7) is 1.70. The molecule has 0 radical (unpaired) electrons. The number of hydrogen-bond donors (Lipinski definition) is 2. The van der Waals surface area contributed by atoms with Crippen LogP contribution in [0.1, 0.15) is 5.56 Å². The molecule has 2 aromatic carbocycles. The van der Waals surface area contributed by atoms with Crippen molar-refractivity contribution in [1.29, 1.82) is 0 Å². The maximum absolute atomic E-state index is 13.5. The van der Waals surface area contributed by atoms with Crippen molar-refractivity contribution < 1.29 is 13.9 Å². The van der Waals surface area contributed by atoms with Crippen LogP contribution in [0.4, 0.5) is 15.8 Å². The SMILES string of the molecule is Cc1cc(OCC(=O)Nc2cc(N)ccc2F)ccc1Br. The minimum absolute atomic E-state index is 0.0376. The first-order chi connectivity index (χ1) is 9.95. The number of carbonyl (C=O) groups excluding carboxylic acids is 1. The molecule has 1 amide bonds. The molecule has 6 heteroatoms. The van der Waals surface area contributed by atoms with E-state index in [0.29, 0.717) is 11.4 Å². The molecule has 0 fully saturated rings. The van der Waals surface area contributed by atoms with Crippen molar-refractivity contribution in [3.63, 3.8) is 0 Å². The number of nitrogens with one attached hydrogen (secondary N) is 1. The molecule has 4 nitrogen and oxygen atoms in total. The van der Waals surface area contributed by atoms with Crippen LogP contribution in [0.15, 0.2) is 40.9 Å². The van der Waals surface area contributed by atoms with Gasteiger partial charge in [-0.1, -0.05) is 15.9 Å².